The minimum absolute atomic E-state index is 0.221. The zero-order valence-corrected chi connectivity index (χ0v) is 12.6. The van der Waals surface area contributed by atoms with Gasteiger partial charge in [-0.2, -0.15) is 0 Å². The molecule has 1 N–H and O–H groups in total. The van der Waals surface area contributed by atoms with Crippen molar-refractivity contribution < 1.29 is 9.53 Å². The molecular weight excluding hydrogens is 278 g/mol. The third-order valence-electron chi connectivity index (χ3n) is 3.78. The van der Waals surface area contributed by atoms with E-state index in [4.69, 9.17) is 4.74 Å². The summed E-state index contributed by atoms with van der Waals surface area (Å²) in [6.45, 7) is 2.13. The fourth-order valence-corrected chi connectivity index (χ4v) is 2.58. The molecule has 1 amide bonds. The Balaban J connectivity index is 1.69. The molecule has 0 bridgehead atoms. The van der Waals surface area contributed by atoms with Crippen LogP contribution in [0.4, 0.5) is 11.4 Å². The minimum Gasteiger partial charge on any atom is -0.497 e. The number of carbonyl (C=O) groups is 1. The number of nitrogens with zero attached hydrogens (tertiary/aromatic N) is 2. The Morgan fingerprint density at radius 1 is 1.23 bits per heavy atom. The first-order valence-electron chi connectivity index (χ1n) is 7.43. The Labute approximate surface area is 129 Å². The molecule has 1 aliphatic heterocycles. The molecule has 0 aliphatic carbocycles. The van der Waals surface area contributed by atoms with E-state index >= 15 is 0 Å². The summed E-state index contributed by atoms with van der Waals surface area (Å²) < 4.78 is 5.14. The predicted octanol–water partition coefficient (Wildman–Crippen LogP) is 2.94. The zero-order chi connectivity index (χ0) is 15.4. The summed E-state index contributed by atoms with van der Waals surface area (Å²) in [5.41, 5.74) is 2.18. The Morgan fingerprint density at radius 3 is 2.73 bits per heavy atom. The highest BCUT2D eigenvalue weighted by molar-refractivity contribution is 6.03. The third-order valence-corrected chi connectivity index (χ3v) is 3.78. The largest absolute Gasteiger partial charge is 0.497 e. The second-order valence-corrected chi connectivity index (χ2v) is 5.28. The van der Waals surface area contributed by atoms with Crippen molar-refractivity contribution in [3.05, 3.63) is 48.3 Å². The monoisotopic (exact) mass is 297 g/mol. The van der Waals surface area contributed by atoms with Crippen LogP contribution < -0.4 is 15.0 Å². The smallest absolute Gasteiger partial charge is 0.274 e. The van der Waals surface area contributed by atoms with Gasteiger partial charge in [-0.15, -0.1) is 0 Å². The standard InChI is InChI=1S/C17H19N3O2/c1-22-15-6-4-5-13(11-15)19-17(21)16-8-7-14(12-18-16)20-9-2-3-10-20/h4-8,11-12H,2-3,9-10H2,1H3,(H,19,21). The van der Waals surface area contributed by atoms with E-state index in [1.807, 2.05) is 24.3 Å². The number of rotatable bonds is 4. The summed E-state index contributed by atoms with van der Waals surface area (Å²) in [6.07, 6.45) is 4.21. The quantitative estimate of drug-likeness (QED) is 0.942. The van der Waals surface area contributed by atoms with E-state index in [2.05, 4.69) is 15.2 Å². The molecule has 2 aromatic rings. The SMILES string of the molecule is COc1cccc(NC(=O)c2ccc(N3CCCC3)cn2)c1. The van der Waals surface area contributed by atoms with Crippen LogP contribution in [0, 0.1) is 0 Å². The Kier molecular flexibility index (Phi) is 4.23. The number of amides is 1. The van der Waals surface area contributed by atoms with E-state index in [1.54, 1.807) is 25.4 Å². The van der Waals surface area contributed by atoms with Crippen molar-refractivity contribution in [3.8, 4) is 5.75 Å². The van der Waals surface area contributed by atoms with Crippen LogP contribution in [0.2, 0.25) is 0 Å². The van der Waals surface area contributed by atoms with Crippen molar-refractivity contribution in [2.45, 2.75) is 12.8 Å². The van der Waals surface area contributed by atoms with Gasteiger partial charge in [-0.05, 0) is 37.1 Å². The molecule has 1 fully saturated rings. The number of ether oxygens (including phenoxy) is 1. The average molecular weight is 297 g/mol. The van der Waals surface area contributed by atoms with Gasteiger partial charge in [0.15, 0.2) is 0 Å². The van der Waals surface area contributed by atoms with Crippen LogP contribution in [0.25, 0.3) is 0 Å². The molecule has 0 unspecified atom stereocenters. The number of anilines is 2. The van der Waals surface area contributed by atoms with E-state index in [-0.39, 0.29) is 5.91 Å². The first-order valence-corrected chi connectivity index (χ1v) is 7.43. The molecule has 1 saturated heterocycles. The van der Waals surface area contributed by atoms with Crippen LogP contribution in [-0.2, 0) is 0 Å². The number of benzene rings is 1. The summed E-state index contributed by atoms with van der Waals surface area (Å²) in [5.74, 6) is 0.483. The first kappa shape index (κ1) is 14.4. The molecule has 5 heteroatoms. The highest BCUT2D eigenvalue weighted by atomic mass is 16.5. The number of hydrogen-bond acceptors (Lipinski definition) is 4. The Bertz CT molecular complexity index is 649. The van der Waals surface area contributed by atoms with Gasteiger partial charge in [0.05, 0.1) is 19.0 Å². The fourth-order valence-electron chi connectivity index (χ4n) is 2.58. The van der Waals surface area contributed by atoms with Gasteiger partial charge >= 0.3 is 0 Å². The van der Waals surface area contributed by atoms with Crippen LogP contribution in [0.3, 0.4) is 0 Å². The van der Waals surface area contributed by atoms with Gasteiger partial charge < -0.3 is 15.0 Å². The van der Waals surface area contributed by atoms with Crippen molar-refractivity contribution in [2.24, 2.45) is 0 Å². The molecule has 0 atom stereocenters. The maximum absolute atomic E-state index is 12.2. The summed E-state index contributed by atoms with van der Waals surface area (Å²) in [5, 5.41) is 2.83. The van der Waals surface area contributed by atoms with E-state index in [0.717, 1.165) is 18.8 Å². The second-order valence-electron chi connectivity index (χ2n) is 5.28. The first-order chi connectivity index (χ1) is 10.8. The molecule has 5 nitrogen and oxygen atoms in total. The molecule has 3 rings (SSSR count). The molecule has 22 heavy (non-hydrogen) atoms. The number of hydrogen-bond donors (Lipinski definition) is 1. The zero-order valence-electron chi connectivity index (χ0n) is 12.6. The van der Waals surface area contributed by atoms with Crippen LogP contribution >= 0.6 is 0 Å². The number of carbonyl (C=O) groups excluding carboxylic acids is 1. The second kappa shape index (κ2) is 6.47. The maximum Gasteiger partial charge on any atom is 0.274 e. The lowest BCUT2D eigenvalue weighted by Crippen LogP contribution is -2.19. The molecule has 1 aromatic carbocycles. The van der Waals surface area contributed by atoms with Crippen LogP contribution in [-0.4, -0.2) is 31.1 Å². The molecule has 2 heterocycles. The summed E-state index contributed by atoms with van der Waals surface area (Å²) in [7, 11) is 1.60. The Morgan fingerprint density at radius 2 is 2.05 bits per heavy atom. The number of pyridine rings is 1. The molecular formula is C17H19N3O2. The van der Waals surface area contributed by atoms with Crippen molar-refractivity contribution in [1.82, 2.24) is 4.98 Å². The molecule has 0 saturated carbocycles. The summed E-state index contributed by atoms with van der Waals surface area (Å²) in [6, 6.07) is 11.0. The van der Waals surface area contributed by atoms with Gasteiger partial charge in [0.25, 0.3) is 5.91 Å². The van der Waals surface area contributed by atoms with E-state index < -0.39 is 0 Å². The van der Waals surface area contributed by atoms with Crippen molar-refractivity contribution in [1.29, 1.82) is 0 Å². The molecule has 1 aromatic heterocycles. The van der Waals surface area contributed by atoms with Gasteiger partial charge in [-0.1, -0.05) is 6.07 Å². The van der Waals surface area contributed by atoms with Crippen LogP contribution in [0.15, 0.2) is 42.6 Å². The maximum atomic E-state index is 12.2. The average Bonchev–Trinajstić information content (AvgIpc) is 3.09. The van der Waals surface area contributed by atoms with Gasteiger partial charge in [0, 0.05) is 24.8 Å². The van der Waals surface area contributed by atoms with E-state index in [1.165, 1.54) is 12.8 Å². The van der Waals surface area contributed by atoms with Crippen molar-refractivity contribution >= 4 is 17.3 Å². The van der Waals surface area contributed by atoms with Gasteiger partial charge in [-0.3, -0.25) is 4.79 Å². The van der Waals surface area contributed by atoms with E-state index in [9.17, 15) is 4.79 Å². The van der Waals surface area contributed by atoms with Crippen molar-refractivity contribution in [3.63, 3.8) is 0 Å². The van der Waals surface area contributed by atoms with Gasteiger partial charge in [-0.25, -0.2) is 4.98 Å². The molecule has 114 valence electrons. The minimum atomic E-state index is -0.221. The summed E-state index contributed by atoms with van der Waals surface area (Å²) >= 11 is 0. The molecule has 0 spiro atoms. The van der Waals surface area contributed by atoms with Crippen LogP contribution in [0.1, 0.15) is 23.3 Å². The fraction of sp³-hybridized carbons (Fsp3) is 0.294. The highest BCUT2D eigenvalue weighted by Gasteiger charge is 2.14. The number of methoxy groups -OCH3 is 1. The Hall–Kier alpha value is -2.56. The number of aromatic nitrogens is 1. The highest BCUT2D eigenvalue weighted by Crippen LogP contribution is 2.20. The lowest BCUT2D eigenvalue weighted by molar-refractivity contribution is 0.102. The molecule has 0 radical (unpaired) electrons. The van der Waals surface area contributed by atoms with Crippen LogP contribution in [0.5, 0.6) is 5.75 Å². The van der Waals surface area contributed by atoms with Gasteiger partial charge in [0.1, 0.15) is 11.4 Å². The topological polar surface area (TPSA) is 54.5 Å². The normalized spacial score (nSPS) is 14.0. The van der Waals surface area contributed by atoms with E-state index in [0.29, 0.717) is 17.1 Å². The molecule has 1 aliphatic rings. The number of nitrogens with one attached hydrogen (secondary N) is 1. The lowest BCUT2D eigenvalue weighted by Gasteiger charge is -2.17. The lowest BCUT2D eigenvalue weighted by atomic mass is 10.2. The van der Waals surface area contributed by atoms with Crippen molar-refractivity contribution in [2.75, 3.05) is 30.4 Å². The van der Waals surface area contributed by atoms with Gasteiger partial charge in [0.2, 0.25) is 0 Å². The summed E-state index contributed by atoms with van der Waals surface area (Å²) in [4.78, 5) is 18.8. The predicted molar refractivity (Wildman–Crippen MR) is 86.6 cm³/mol. The third kappa shape index (κ3) is 3.19.